The van der Waals surface area contributed by atoms with Crippen molar-refractivity contribution < 1.29 is 4.74 Å². The zero-order valence-corrected chi connectivity index (χ0v) is 11.0. The molecule has 1 nitrogen and oxygen atoms in total. The molecule has 0 spiro atoms. The molecule has 90 valence electrons. The Morgan fingerprint density at radius 3 is 2.25 bits per heavy atom. The van der Waals surface area contributed by atoms with E-state index < -0.39 is 0 Å². The van der Waals surface area contributed by atoms with Crippen LogP contribution in [0.2, 0.25) is 0 Å². The fourth-order valence-electron chi connectivity index (χ4n) is 1.78. The molecule has 16 heavy (non-hydrogen) atoms. The highest BCUT2D eigenvalue weighted by Gasteiger charge is 2.19. The van der Waals surface area contributed by atoms with Crippen molar-refractivity contribution in [1.82, 2.24) is 0 Å². The van der Waals surface area contributed by atoms with E-state index in [1.807, 2.05) is 0 Å². The normalized spacial score (nSPS) is 13.8. The summed E-state index contributed by atoms with van der Waals surface area (Å²) in [6, 6.07) is 10.5. The lowest BCUT2D eigenvalue weighted by molar-refractivity contribution is -0.0658. The quantitative estimate of drug-likeness (QED) is 0.697. The maximum atomic E-state index is 6.13. The lowest BCUT2D eigenvalue weighted by Crippen LogP contribution is -2.22. The van der Waals surface area contributed by atoms with Gasteiger partial charge in [0.15, 0.2) is 0 Å². The molecule has 0 heterocycles. The van der Waals surface area contributed by atoms with Crippen molar-refractivity contribution in [3.63, 3.8) is 0 Å². The van der Waals surface area contributed by atoms with E-state index in [4.69, 9.17) is 4.74 Å². The van der Waals surface area contributed by atoms with E-state index in [0.717, 1.165) is 6.42 Å². The van der Waals surface area contributed by atoms with Gasteiger partial charge in [-0.15, -0.1) is 0 Å². The summed E-state index contributed by atoms with van der Waals surface area (Å²) in [5.41, 5.74) is 1.22. The number of rotatable bonds is 5. The standard InChI is InChI=1S/C15H24O/c1-5-6-12-14(16-15(2,3)4)13-10-8-7-9-11-13/h7-11,14H,5-6,12H2,1-4H3. The lowest BCUT2D eigenvalue weighted by atomic mass is 10.0. The summed E-state index contributed by atoms with van der Waals surface area (Å²) in [5, 5.41) is 0. The van der Waals surface area contributed by atoms with E-state index in [1.54, 1.807) is 0 Å². The van der Waals surface area contributed by atoms with E-state index in [9.17, 15) is 0 Å². The highest BCUT2D eigenvalue weighted by molar-refractivity contribution is 5.17. The average molecular weight is 220 g/mol. The first-order valence-electron chi connectivity index (χ1n) is 6.25. The van der Waals surface area contributed by atoms with E-state index in [0.29, 0.717) is 0 Å². The topological polar surface area (TPSA) is 9.23 Å². The molecule has 0 saturated heterocycles. The minimum absolute atomic E-state index is 0.0751. The second-order valence-corrected chi connectivity index (χ2v) is 5.27. The molecule has 0 amide bonds. The molecule has 1 aromatic carbocycles. The molecule has 0 radical (unpaired) electrons. The van der Waals surface area contributed by atoms with Crippen LogP contribution in [0.1, 0.15) is 58.6 Å². The Kier molecular flexibility index (Phi) is 5.01. The SMILES string of the molecule is CCCCC(OC(C)(C)C)c1ccccc1. The molecule has 0 saturated carbocycles. The van der Waals surface area contributed by atoms with Crippen LogP contribution >= 0.6 is 0 Å². The Labute approximate surface area is 99.8 Å². The maximum absolute atomic E-state index is 6.13. The minimum Gasteiger partial charge on any atom is -0.368 e. The monoisotopic (exact) mass is 220 g/mol. The molecule has 0 aliphatic carbocycles. The molecule has 0 fully saturated rings. The van der Waals surface area contributed by atoms with E-state index in [-0.39, 0.29) is 11.7 Å². The van der Waals surface area contributed by atoms with Crippen LogP contribution in [0.5, 0.6) is 0 Å². The summed E-state index contributed by atoms with van der Waals surface area (Å²) in [6.07, 6.45) is 3.78. The van der Waals surface area contributed by atoms with Gasteiger partial charge in [-0.05, 0) is 32.8 Å². The van der Waals surface area contributed by atoms with E-state index in [2.05, 4.69) is 58.0 Å². The predicted molar refractivity (Wildman–Crippen MR) is 69.5 cm³/mol. The number of hydrogen-bond donors (Lipinski definition) is 0. The fourth-order valence-corrected chi connectivity index (χ4v) is 1.78. The number of ether oxygens (including phenoxy) is 1. The van der Waals surface area contributed by atoms with Gasteiger partial charge in [-0.25, -0.2) is 0 Å². The average Bonchev–Trinajstić information content (AvgIpc) is 2.24. The molecular formula is C15H24O. The molecule has 1 heteroatoms. The zero-order chi connectivity index (χ0) is 12.0. The van der Waals surface area contributed by atoms with Crippen LogP contribution in [0.3, 0.4) is 0 Å². The fraction of sp³-hybridized carbons (Fsp3) is 0.600. The Bertz CT molecular complexity index is 284. The summed E-state index contributed by atoms with van der Waals surface area (Å²) in [7, 11) is 0. The van der Waals surface area contributed by atoms with Crippen LogP contribution in [-0.4, -0.2) is 5.60 Å². The van der Waals surface area contributed by atoms with Gasteiger partial charge in [0, 0.05) is 0 Å². The molecule has 1 unspecified atom stereocenters. The molecule has 0 bridgehead atoms. The van der Waals surface area contributed by atoms with Crippen molar-refractivity contribution >= 4 is 0 Å². The van der Waals surface area contributed by atoms with Crippen LogP contribution in [0.25, 0.3) is 0 Å². The third-order valence-corrected chi connectivity index (χ3v) is 2.49. The first-order chi connectivity index (χ1) is 7.53. The van der Waals surface area contributed by atoms with Gasteiger partial charge in [0.1, 0.15) is 0 Å². The van der Waals surface area contributed by atoms with Crippen molar-refractivity contribution in [1.29, 1.82) is 0 Å². The molecule has 0 N–H and O–H groups in total. The van der Waals surface area contributed by atoms with Crippen LogP contribution in [-0.2, 0) is 4.74 Å². The Morgan fingerprint density at radius 2 is 1.75 bits per heavy atom. The van der Waals surface area contributed by atoms with Gasteiger partial charge in [-0.2, -0.15) is 0 Å². The second-order valence-electron chi connectivity index (χ2n) is 5.27. The van der Waals surface area contributed by atoms with Crippen molar-refractivity contribution in [2.24, 2.45) is 0 Å². The smallest absolute Gasteiger partial charge is 0.0832 e. The first-order valence-corrected chi connectivity index (χ1v) is 6.25. The number of hydrogen-bond acceptors (Lipinski definition) is 1. The molecule has 0 aliphatic rings. The Hall–Kier alpha value is -0.820. The van der Waals surface area contributed by atoms with E-state index in [1.165, 1.54) is 18.4 Å². The second kappa shape index (κ2) is 6.05. The Balaban J connectivity index is 2.71. The van der Waals surface area contributed by atoms with E-state index >= 15 is 0 Å². The van der Waals surface area contributed by atoms with Gasteiger partial charge in [-0.3, -0.25) is 0 Å². The molecule has 1 atom stereocenters. The Morgan fingerprint density at radius 1 is 1.12 bits per heavy atom. The minimum atomic E-state index is -0.0751. The lowest BCUT2D eigenvalue weighted by Gasteiger charge is -2.28. The number of benzene rings is 1. The third kappa shape index (κ3) is 4.80. The van der Waals surface area contributed by atoms with Gasteiger partial charge in [0.2, 0.25) is 0 Å². The summed E-state index contributed by atoms with van der Waals surface area (Å²) < 4.78 is 6.13. The van der Waals surface area contributed by atoms with Crippen molar-refractivity contribution in [2.45, 2.75) is 58.7 Å². The van der Waals surface area contributed by atoms with Gasteiger partial charge >= 0.3 is 0 Å². The van der Waals surface area contributed by atoms with Gasteiger partial charge < -0.3 is 4.74 Å². The zero-order valence-electron chi connectivity index (χ0n) is 11.0. The predicted octanol–water partition coefficient (Wildman–Crippen LogP) is 4.73. The van der Waals surface area contributed by atoms with Gasteiger partial charge in [0.05, 0.1) is 11.7 Å². The van der Waals surface area contributed by atoms with Crippen LogP contribution in [0, 0.1) is 0 Å². The summed E-state index contributed by atoms with van der Waals surface area (Å²) in [6.45, 7) is 8.58. The van der Waals surface area contributed by atoms with Crippen LogP contribution in [0.4, 0.5) is 0 Å². The molecule has 0 aromatic heterocycles. The highest BCUT2D eigenvalue weighted by atomic mass is 16.5. The van der Waals surface area contributed by atoms with Crippen molar-refractivity contribution in [3.05, 3.63) is 35.9 Å². The highest BCUT2D eigenvalue weighted by Crippen LogP contribution is 2.28. The van der Waals surface area contributed by atoms with Crippen molar-refractivity contribution in [3.8, 4) is 0 Å². The largest absolute Gasteiger partial charge is 0.368 e. The van der Waals surface area contributed by atoms with Gasteiger partial charge in [0.25, 0.3) is 0 Å². The third-order valence-electron chi connectivity index (χ3n) is 2.49. The molecular weight excluding hydrogens is 196 g/mol. The molecule has 1 aromatic rings. The maximum Gasteiger partial charge on any atom is 0.0832 e. The van der Waals surface area contributed by atoms with Crippen LogP contribution < -0.4 is 0 Å². The molecule has 1 rings (SSSR count). The number of unbranched alkanes of at least 4 members (excludes halogenated alkanes) is 1. The summed E-state index contributed by atoms with van der Waals surface area (Å²) in [5.74, 6) is 0. The summed E-state index contributed by atoms with van der Waals surface area (Å²) in [4.78, 5) is 0. The summed E-state index contributed by atoms with van der Waals surface area (Å²) >= 11 is 0. The van der Waals surface area contributed by atoms with Gasteiger partial charge in [-0.1, -0.05) is 50.1 Å². The molecule has 0 aliphatic heterocycles. The van der Waals surface area contributed by atoms with Crippen molar-refractivity contribution in [2.75, 3.05) is 0 Å². The first kappa shape index (κ1) is 13.2. The van der Waals surface area contributed by atoms with Crippen LogP contribution in [0.15, 0.2) is 30.3 Å².